The minimum Gasteiger partial charge on any atom is -0.454 e. The number of aliphatic hydroxyl groups is 2. The first-order valence-corrected chi connectivity index (χ1v) is 19.1. The summed E-state index contributed by atoms with van der Waals surface area (Å²) in [6.07, 6.45) is 3.24. The molecule has 1 heterocycles. The van der Waals surface area contributed by atoms with Gasteiger partial charge in [0.25, 0.3) is 0 Å². The molecule has 0 unspecified atom stereocenters. The maximum Gasteiger partial charge on any atom is 0.239 e. The van der Waals surface area contributed by atoms with Crippen LogP contribution in [-0.2, 0) is 25.8 Å². The van der Waals surface area contributed by atoms with Crippen LogP contribution in [0.5, 0.6) is 11.5 Å². The van der Waals surface area contributed by atoms with Gasteiger partial charge in [-0.05, 0) is 48.8 Å². The van der Waals surface area contributed by atoms with Gasteiger partial charge >= 0.3 is 0 Å². The predicted molar refractivity (Wildman–Crippen MR) is 197 cm³/mol. The Morgan fingerprint density at radius 2 is 1.49 bits per heavy atom. The molecule has 5 N–H and O–H groups in total. The van der Waals surface area contributed by atoms with E-state index >= 15 is 0 Å². The summed E-state index contributed by atoms with van der Waals surface area (Å²) in [5.74, 6) is 2.35. The van der Waals surface area contributed by atoms with E-state index in [9.17, 15) is 23.1 Å². The van der Waals surface area contributed by atoms with E-state index in [-0.39, 0.29) is 44.1 Å². The highest BCUT2D eigenvalue weighted by Gasteiger charge is 2.21. The first-order chi connectivity index (χ1) is 23.2. The summed E-state index contributed by atoms with van der Waals surface area (Å²) in [6.45, 7) is 17.3. The van der Waals surface area contributed by atoms with Crippen LogP contribution in [0.1, 0.15) is 86.6 Å². The van der Waals surface area contributed by atoms with Crippen molar-refractivity contribution in [2.45, 2.75) is 105 Å². The molecule has 12 heteroatoms. The maximum atomic E-state index is 12.0. The zero-order chi connectivity index (χ0) is 37.2. The van der Waals surface area contributed by atoms with Crippen LogP contribution in [-0.4, -0.2) is 81.4 Å². The molecule has 11 nitrogen and oxygen atoms in total. The standard InChI is InChI=1S/C17H27N3O4.C11H14O4S.C5H12.C4H10/c1-2-15(22)14(10-13-6-4-3-5-7-13)20-17(24)12-19-16(23)11-18-8-9-21;1-2-3-6-16(12,13)9-4-5-10-11(7-9)15-8-14-10;1-4-5(2)3;1-4(2)3/h3-7,14-15,18,21-22H,2,8-12H2,1H3,(H,19,23)(H,20,24);4-5,7H,2-3,6,8H2,1H3;5H,4H2,1-3H3;4H,1-3H3/t14-,15+;;;/m0.../s1. The number of hydrogen-bond donors (Lipinski definition) is 5. The van der Waals surface area contributed by atoms with E-state index in [1.54, 1.807) is 12.1 Å². The number of hydrogen-bond acceptors (Lipinski definition) is 9. The first-order valence-electron chi connectivity index (χ1n) is 17.4. The number of rotatable bonds is 16. The number of aliphatic hydroxyl groups excluding tert-OH is 2. The molecule has 2 aromatic carbocycles. The fourth-order valence-electron chi connectivity index (χ4n) is 3.74. The van der Waals surface area contributed by atoms with E-state index in [1.807, 2.05) is 44.2 Å². The van der Waals surface area contributed by atoms with Crippen molar-refractivity contribution in [3.63, 3.8) is 0 Å². The van der Waals surface area contributed by atoms with E-state index in [2.05, 4.69) is 57.5 Å². The maximum absolute atomic E-state index is 12.0. The number of carbonyl (C=O) groups excluding carboxylic acids is 2. The zero-order valence-corrected chi connectivity index (χ0v) is 31.8. The van der Waals surface area contributed by atoms with Crippen molar-refractivity contribution >= 4 is 21.7 Å². The number of carbonyl (C=O) groups is 2. The van der Waals surface area contributed by atoms with E-state index < -0.39 is 22.0 Å². The van der Waals surface area contributed by atoms with E-state index in [1.165, 1.54) is 12.5 Å². The average molecular weight is 710 g/mol. The van der Waals surface area contributed by atoms with E-state index in [4.69, 9.17) is 14.6 Å². The van der Waals surface area contributed by atoms with Crippen LogP contribution in [0.3, 0.4) is 0 Å². The van der Waals surface area contributed by atoms with Gasteiger partial charge in [-0.2, -0.15) is 0 Å². The fourth-order valence-corrected chi connectivity index (χ4v) is 5.20. The van der Waals surface area contributed by atoms with Crippen molar-refractivity contribution in [3.05, 3.63) is 54.1 Å². The monoisotopic (exact) mass is 709 g/mol. The highest BCUT2D eigenvalue weighted by Crippen LogP contribution is 2.34. The predicted octanol–water partition coefficient (Wildman–Crippen LogP) is 4.89. The lowest BCUT2D eigenvalue weighted by atomic mass is 9.99. The van der Waals surface area contributed by atoms with Crippen LogP contribution in [0.25, 0.3) is 0 Å². The summed E-state index contributed by atoms with van der Waals surface area (Å²) in [5, 5.41) is 26.7. The smallest absolute Gasteiger partial charge is 0.239 e. The molecule has 0 bridgehead atoms. The summed E-state index contributed by atoms with van der Waals surface area (Å²) in [5.41, 5.74) is 1.02. The molecule has 0 fully saturated rings. The molecule has 0 aliphatic carbocycles. The normalized spacial score (nSPS) is 12.7. The second kappa shape index (κ2) is 26.6. The summed E-state index contributed by atoms with van der Waals surface area (Å²) >= 11 is 0. The molecule has 1 aliphatic rings. The van der Waals surface area contributed by atoms with Crippen LogP contribution >= 0.6 is 0 Å². The van der Waals surface area contributed by atoms with Gasteiger partial charge in [-0.3, -0.25) is 9.59 Å². The van der Waals surface area contributed by atoms with Gasteiger partial charge in [-0.25, -0.2) is 8.42 Å². The molecule has 2 aromatic rings. The van der Waals surface area contributed by atoms with Gasteiger partial charge in [0.1, 0.15) is 0 Å². The summed E-state index contributed by atoms with van der Waals surface area (Å²) in [6, 6.07) is 13.9. The summed E-state index contributed by atoms with van der Waals surface area (Å²) in [7, 11) is -3.18. The summed E-state index contributed by atoms with van der Waals surface area (Å²) in [4.78, 5) is 23.8. The van der Waals surface area contributed by atoms with Crippen LogP contribution in [0.2, 0.25) is 0 Å². The largest absolute Gasteiger partial charge is 0.454 e. The molecule has 0 radical (unpaired) electrons. The zero-order valence-electron chi connectivity index (χ0n) is 31.0. The summed E-state index contributed by atoms with van der Waals surface area (Å²) < 4.78 is 34.1. The number of fused-ring (bicyclic) bond motifs is 1. The van der Waals surface area contributed by atoms with Crippen LogP contribution in [0.4, 0.5) is 0 Å². The van der Waals surface area contributed by atoms with E-state index in [0.29, 0.717) is 42.2 Å². The minimum absolute atomic E-state index is 0.0405. The van der Waals surface area contributed by atoms with Crippen molar-refractivity contribution in [1.82, 2.24) is 16.0 Å². The molecule has 49 heavy (non-hydrogen) atoms. The average Bonchev–Trinajstić information content (AvgIpc) is 3.55. The number of ether oxygens (including phenoxy) is 2. The van der Waals surface area contributed by atoms with Gasteiger partial charge in [0.15, 0.2) is 21.3 Å². The highest BCUT2D eigenvalue weighted by molar-refractivity contribution is 7.91. The third kappa shape index (κ3) is 22.2. The Kier molecular flexibility index (Phi) is 24.9. The molecule has 0 saturated carbocycles. The van der Waals surface area contributed by atoms with Crippen LogP contribution in [0, 0.1) is 11.8 Å². The van der Waals surface area contributed by atoms with Crippen LogP contribution in [0.15, 0.2) is 53.4 Å². The number of benzene rings is 2. The molecule has 0 spiro atoms. The Morgan fingerprint density at radius 3 is 2.04 bits per heavy atom. The quantitative estimate of drug-likeness (QED) is 0.153. The second-order valence-electron chi connectivity index (χ2n) is 12.7. The molecule has 0 saturated heterocycles. The molecule has 2 atom stereocenters. The third-order valence-corrected chi connectivity index (χ3v) is 8.63. The Morgan fingerprint density at radius 1 is 0.878 bits per heavy atom. The second-order valence-corrected chi connectivity index (χ2v) is 14.8. The Labute approximate surface area is 295 Å². The lowest BCUT2D eigenvalue weighted by Crippen LogP contribution is -2.49. The van der Waals surface area contributed by atoms with Gasteiger partial charge in [0.2, 0.25) is 18.6 Å². The number of nitrogens with one attached hydrogen (secondary N) is 3. The minimum atomic E-state index is -3.18. The molecule has 280 valence electrons. The van der Waals surface area contributed by atoms with Crippen LogP contribution < -0.4 is 25.4 Å². The lowest BCUT2D eigenvalue weighted by Gasteiger charge is -2.23. The van der Waals surface area contributed by atoms with Gasteiger partial charge in [-0.15, -0.1) is 0 Å². The SMILES string of the molecule is CC(C)C.CCC(C)C.CCCCS(=O)(=O)c1ccc2c(c1)OCO2.CC[C@@H](O)[C@H](Cc1ccccc1)NC(=O)CNC(=O)CNCCO. The van der Waals surface area contributed by atoms with Crippen molar-refractivity contribution in [3.8, 4) is 11.5 Å². The van der Waals surface area contributed by atoms with Crippen molar-refractivity contribution < 1.29 is 37.7 Å². The lowest BCUT2D eigenvalue weighted by molar-refractivity contribution is -0.126. The molecule has 2 amide bonds. The molecular weight excluding hydrogens is 646 g/mol. The van der Waals surface area contributed by atoms with Crippen molar-refractivity contribution in [2.24, 2.45) is 11.8 Å². The van der Waals surface area contributed by atoms with Gasteiger partial charge < -0.3 is 35.6 Å². The van der Waals surface area contributed by atoms with Gasteiger partial charge in [0.05, 0.1) is 42.5 Å². The number of sulfone groups is 1. The highest BCUT2D eigenvalue weighted by atomic mass is 32.2. The Hall–Kier alpha value is -3.19. The first kappa shape index (κ1) is 45.8. The molecule has 1 aliphatic heterocycles. The Bertz CT molecular complexity index is 1270. The van der Waals surface area contributed by atoms with Crippen molar-refractivity contribution in [2.75, 3.05) is 38.8 Å². The Balaban J connectivity index is 0.000000784. The molecule has 0 aromatic heterocycles. The van der Waals surface area contributed by atoms with E-state index in [0.717, 1.165) is 23.8 Å². The number of amides is 2. The van der Waals surface area contributed by atoms with Gasteiger partial charge in [0, 0.05) is 12.6 Å². The molecular formula is C37H63N3O8S. The van der Waals surface area contributed by atoms with Gasteiger partial charge in [-0.1, -0.05) is 98.6 Å². The third-order valence-electron chi connectivity index (χ3n) is 6.83. The number of unbranched alkanes of at least 4 members (excludes halogenated alkanes) is 1. The van der Waals surface area contributed by atoms with Crippen molar-refractivity contribution in [1.29, 1.82) is 0 Å². The topological polar surface area (TPSA) is 163 Å². The fraction of sp³-hybridized carbons (Fsp3) is 0.622. The molecule has 3 rings (SSSR count).